The zero-order valence-electron chi connectivity index (χ0n) is 28.7. The molecule has 5 aromatic rings. The first-order valence-corrected chi connectivity index (χ1v) is 16.9. The summed E-state index contributed by atoms with van der Waals surface area (Å²) in [6.07, 6.45) is 3.72. The number of benzene rings is 3. The molecule has 270 valence electrons. The highest BCUT2D eigenvalue weighted by molar-refractivity contribution is 6.30. The smallest absolute Gasteiger partial charge is 0.352 e. The monoisotopic (exact) mass is 729 g/mol. The number of anilines is 1. The number of halogens is 2. The van der Waals surface area contributed by atoms with E-state index in [1.54, 1.807) is 25.3 Å². The van der Waals surface area contributed by atoms with E-state index in [2.05, 4.69) is 38.8 Å². The molecule has 1 saturated heterocycles. The molecule has 0 atom stereocenters. The first kappa shape index (κ1) is 36.2. The first-order valence-electron chi connectivity index (χ1n) is 16.6. The number of pyridine rings is 1. The van der Waals surface area contributed by atoms with Crippen molar-refractivity contribution in [3.05, 3.63) is 117 Å². The number of piperazine rings is 1. The molecule has 1 aliphatic heterocycles. The number of ether oxygens (including phenoxy) is 3. The number of likely N-dealkylation sites (N-methyl/N-ethyl adjacent to an activating group) is 1. The van der Waals surface area contributed by atoms with E-state index in [1.165, 1.54) is 48.7 Å². The number of rotatable bonds is 13. The highest BCUT2D eigenvalue weighted by Gasteiger charge is 2.21. The van der Waals surface area contributed by atoms with Gasteiger partial charge in [0.2, 0.25) is 5.69 Å². The lowest BCUT2D eigenvalue weighted by molar-refractivity contribution is 0.101. The van der Waals surface area contributed by atoms with Crippen molar-refractivity contribution in [2.24, 2.45) is 0 Å². The number of carbonyl (C=O) groups is 1. The molecule has 3 heterocycles. The van der Waals surface area contributed by atoms with Crippen molar-refractivity contribution in [1.29, 1.82) is 0 Å². The highest BCUT2D eigenvalue weighted by atomic mass is 35.5. The average Bonchev–Trinajstić information content (AvgIpc) is 3.14. The van der Waals surface area contributed by atoms with Crippen LogP contribution in [0.5, 0.6) is 23.0 Å². The molecular weight excluding hydrogens is 693 g/mol. The van der Waals surface area contributed by atoms with Crippen LogP contribution in [0.1, 0.15) is 16.9 Å². The Morgan fingerprint density at radius 2 is 1.77 bits per heavy atom. The third-order valence-corrected chi connectivity index (χ3v) is 8.78. The topological polar surface area (TPSA) is 133 Å². The van der Waals surface area contributed by atoms with Crippen LogP contribution in [0.15, 0.2) is 89.1 Å². The molecule has 1 N–H and O–H groups in total. The van der Waals surface area contributed by atoms with Gasteiger partial charge in [0.05, 0.1) is 24.9 Å². The van der Waals surface area contributed by atoms with Gasteiger partial charge in [0.25, 0.3) is 11.5 Å². The summed E-state index contributed by atoms with van der Waals surface area (Å²) in [5.41, 5.74) is -1.46. The summed E-state index contributed by atoms with van der Waals surface area (Å²) < 4.78 is 34.9. The molecule has 0 spiro atoms. The summed E-state index contributed by atoms with van der Waals surface area (Å²) in [4.78, 5) is 48.6. The molecule has 0 bridgehead atoms. The molecule has 1 fully saturated rings. The second-order valence-corrected chi connectivity index (χ2v) is 12.5. The molecule has 6 rings (SSSR count). The first-order chi connectivity index (χ1) is 25.1. The fourth-order valence-corrected chi connectivity index (χ4v) is 5.83. The van der Waals surface area contributed by atoms with Gasteiger partial charge in [-0.05, 0) is 62.0 Å². The molecule has 0 unspecified atom stereocenters. The number of nitrogens with one attached hydrogen (secondary N) is 1. The van der Waals surface area contributed by atoms with E-state index in [0.717, 1.165) is 54.5 Å². The van der Waals surface area contributed by atoms with Crippen LogP contribution >= 0.6 is 11.6 Å². The van der Waals surface area contributed by atoms with E-state index < -0.39 is 28.7 Å². The summed E-state index contributed by atoms with van der Waals surface area (Å²) in [5.74, 6) is -0.533. The molecule has 2 aromatic heterocycles. The Kier molecular flexibility index (Phi) is 11.3. The van der Waals surface area contributed by atoms with Crippen LogP contribution in [0.2, 0.25) is 5.02 Å². The summed E-state index contributed by atoms with van der Waals surface area (Å²) in [6.45, 7) is 8.97. The fourth-order valence-electron chi connectivity index (χ4n) is 5.70. The zero-order chi connectivity index (χ0) is 36.8. The second-order valence-electron chi connectivity index (χ2n) is 12.1. The van der Waals surface area contributed by atoms with Gasteiger partial charge in [-0.3, -0.25) is 19.1 Å². The van der Waals surface area contributed by atoms with Crippen LogP contribution < -0.4 is 30.8 Å². The van der Waals surface area contributed by atoms with E-state index in [1.807, 2.05) is 0 Å². The van der Waals surface area contributed by atoms with Gasteiger partial charge in [0.15, 0.2) is 23.1 Å². The number of nitrogens with zero attached hydrogens (tertiary/aromatic N) is 6. The lowest BCUT2D eigenvalue weighted by Gasteiger charge is -2.32. The van der Waals surface area contributed by atoms with Crippen molar-refractivity contribution in [2.75, 3.05) is 58.8 Å². The maximum Gasteiger partial charge on any atom is 0.352 e. The molecule has 1 amide bonds. The SMILES string of the molecule is C=CCn1c(=O)c(C(=O)Nc2ccc(Oc3ccnc4cc(OC)c(OCCCN5CCN(C)CC5)cc34)c(F)c2)nn(-c2ccc(Cl)cc2)c1=O. The van der Waals surface area contributed by atoms with Gasteiger partial charge in [0, 0.05) is 73.7 Å². The normalized spacial score (nSPS) is 13.5. The number of allylic oxidation sites excluding steroid dienone is 1. The van der Waals surface area contributed by atoms with E-state index in [-0.39, 0.29) is 23.7 Å². The minimum atomic E-state index is -0.955. The largest absolute Gasteiger partial charge is 0.493 e. The van der Waals surface area contributed by atoms with Crippen molar-refractivity contribution >= 4 is 34.1 Å². The maximum atomic E-state index is 15.5. The number of aromatic nitrogens is 4. The molecule has 0 saturated carbocycles. The summed E-state index contributed by atoms with van der Waals surface area (Å²) in [6, 6.07) is 15.0. The standard InChI is InChI=1S/C37H37ClFN7O6/c1-4-14-45-36(48)34(42-46(37(45)49)26-9-6-24(38)7-10-26)35(47)41-25-8-11-31(28(39)21-25)52-30-12-13-40-29-23-32(50-3)33(22-27(29)30)51-20-5-15-44-18-16-43(2)17-19-44/h4,6-13,21-23H,1,5,14-20H2,2-3H3,(H,41,47). The fraction of sp³-hybridized carbons (Fsp3) is 0.270. The lowest BCUT2D eigenvalue weighted by atomic mass is 10.1. The van der Waals surface area contributed by atoms with Gasteiger partial charge in [-0.2, -0.15) is 9.78 Å². The Morgan fingerprint density at radius 1 is 1.00 bits per heavy atom. The lowest BCUT2D eigenvalue weighted by Crippen LogP contribution is -2.44. The van der Waals surface area contributed by atoms with Crippen LogP contribution in [0.25, 0.3) is 16.6 Å². The number of carbonyl (C=O) groups excluding carboxylic acids is 1. The Bertz CT molecular complexity index is 2220. The van der Waals surface area contributed by atoms with Crippen LogP contribution in [-0.4, -0.2) is 88.5 Å². The van der Waals surface area contributed by atoms with Crippen molar-refractivity contribution in [2.45, 2.75) is 13.0 Å². The summed E-state index contributed by atoms with van der Waals surface area (Å²) in [5, 5.41) is 7.52. The third kappa shape index (κ3) is 8.15. The summed E-state index contributed by atoms with van der Waals surface area (Å²) in [7, 11) is 3.68. The van der Waals surface area contributed by atoms with E-state index in [4.69, 9.17) is 25.8 Å². The highest BCUT2D eigenvalue weighted by Crippen LogP contribution is 2.38. The van der Waals surface area contributed by atoms with E-state index >= 15 is 4.39 Å². The van der Waals surface area contributed by atoms with Gasteiger partial charge >= 0.3 is 5.69 Å². The molecule has 52 heavy (non-hydrogen) atoms. The third-order valence-electron chi connectivity index (χ3n) is 8.53. The van der Waals surface area contributed by atoms with E-state index in [9.17, 15) is 14.4 Å². The zero-order valence-corrected chi connectivity index (χ0v) is 29.4. The minimum Gasteiger partial charge on any atom is -0.493 e. The Morgan fingerprint density at radius 3 is 2.48 bits per heavy atom. The predicted octanol–water partition coefficient (Wildman–Crippen LogP) is 4.99. The number of fused-ring (bicyclic) bond motifs is 1. The average molecular weight is 730 g/mol. The second kappa shape index (κ2) is 16.2. The van der Waals surface area contributed by atoms with Gasteiger partial charge in [-0.15, -0.1) is 6.58 Å². The molecule has 3 aromatic carbocycles. The minimum absolute atomic E-state index is 0.0205. The predicted molar refractivity (Wildman–Crippen MR) is 196 cm³/mol. The molecule has 13 nitrogen and oxygen atoms in total. The Labute approximate surface area is 303 Å². The van der Waals surface area contributed by atoms with Crippen LogP contribution in [0.4, 0.5) is 10.1 Å². The van der Waals surface area contributed by atoms with Gasteiger partial charge in [0.1, 0.15) is 5.75 Å². The molecule has 15 heteroatoms. The molecular formula is C37H37ClFN7O6. The van der Waals surface area contributed by atoms with Crippen molar-refractivity contribution in [3.8, 4) is 28.7 Å². The maximum absolute atomic E-state index is 15.5. The molecule has 1 aliphatic rings. The summed E-state index contributed by atoms with van der Waals surface area (Å²) >= 11 is 5.98. The van der Waals surface area contributed by atoms with Crippen LogP contribution in [0.3, 0.4) is 0 Å². The van der Waals surface area contributed by atoms with Gasteiger partial charge in [-0.1, -0.05) is 17.7 Å². The molecule has 0 radical (unpaired) electrons. The number of methoxy groups -OCH3 is 1. The van der Waals surface area contributed by atoms with Crippen LogP contribution in [0, 0.1) is 5.82 Å². The van der Waals surface area contributed by atoms with Crippen molar-refractivity contribution < 1.29 is 23.4 Å². The number of hydrogen-bond donors (Lipinski definition) is 1. The Hall–Kier alpha value is -5.57. The quantitative estimate of drug-likeness (QED) is 0.131. The van der Waals surface area contributed by atoms with Gasteiger partial charge < -0.3 is 29.3 Å². The van der Waals surface area contributed by atoms with Crippen molar-refractivity contribution in [1.82, 2.24) is 29.1 Å². The number of amides is 1. The van der Waals surface area contributed by atoms with Gasteiger partial charge in [-0.25, -0.2) is 9.18 Å². The van der Waals surface area contributed by atoms with E-state index in [0.29, 0.717) is 39.8 Å². The van der Waals surface area contributed by atoms with Crippen molar-refractivity contribution in [3.63, 3.8) is 0 Å². The Balaban J connectivity index is 1.19. The van der Waals surface area contributed by atoms with Crippen LogP contribution in [-0.2, 0) is 6.54 Å². The molecule has 0 aliphatic carbocycles. The number of hydrogen-bond acceptors (Lipinski definition) is 10.